The molecule has 0 radical (unpaired) electrons. The van der Waals surface area contributed by atoms with Crippen LogP contribution in [0.2, 0.25) is 5.02 Å². The molecule has 0 bridgehead atoms. The molecule has 31 heavy (non-hydrogen) atoms. The molecule has 1 aliphatic heterocycles. The summed E-state index contributed by atoms with van der Waals surface area (Å²) < 4.78 is 42.8. The first kappa shape index (κ1) is 23.4. The quantitative estimate of drug-likeness (QED) is 0.419. The van der Waals surface area contributed by atoms with E-state index < -0.39 is 29.5 Å². The zero-order valence-corrected chi connectivity index (χ0v) is 18.2. The van der Waals surface area contributed by atoms with Crippen LogP contribution in [0.3, 0.4) is 0 Å². The molecule has 2 heterocycles. The molecule has 3 atom stereocenters. The number of thiophene rings is 1. The van der Waals surface area contributed by atoms with Crippen molar-refractivity contribution in [2.45, 2.75) is 17.8 Å². The van der Waals surface area contributed by atoms with E-state index in [1.807, 2.05) is 6.07 Å². The summed E-state index contributed by atoms with van der Waals surface area (Å²) in [4.78, 5) is 13.3. The molecule has 3 rings (SSSR count). The minimum Gasteiger partial charge on any atom is -0.363 e. The summed E-state index contributed by atoms with van der Waals surface area (Å²) in [5.41, 5.74) is -3.58. The normalized spacial score (nSPS) is 23.7. The van der Waals surface area contributed by atoms with E-state index >= 15 is 0 Å². The molecule has 0 spiro atoms. The molecular weight excluding hydrogens is 469 g/mol. The molecule has 162 valence electrons. The Bertz CT molecular complexity index is 1060. The second-order valence-corrected chi connectivity index (χ2v) is 9.05. The van der Waals surface area contributed by atoms with Crippen LogP contribution in [0.4, 0.5) is 13.2 Å². The number of halogens is 4. The third kappa shape index (κ3) is 4.26. The molecule has 0 unspecified atom stereocenters. The average molecular weight is 485 g/mol. The summed E-state index contributed by atoms with van der Waals surface area (Å²) >= 11 is 8.12. The van der Waals surface area contributed by atoms with E-state index in [-0.39, 0.29) is 31.8 Å². The maximum atomic E-state index is 14.3. The number of alkyl halides is 3. The summed E-state index contributed by atoms with van der Waals surface area (Å²) in [6, 6.07) is 10.9. The summed E-state index contributed by atoms with van der Waals surface area (Å²) in [6.45, 7) is 3.54. The summed E-state index contributed by atoms with van der Waals surface area (Å²) in [5, 5.41) is 24.4. The fourth-order valence-electron chi connectivity index (χ4n) is 3.47. The number of hydrogen-bond acceptors (Lipinski definition) is 6. The number of carbonyl (C=O) groups excluding carboxylic acids is 1. The lowest BCUT2D eigenvalue weighted by molar-refractivity contribution is -0.285. The number of aliphatic hydroxyl groups is 1. The highest BCUT2D eigenvalue weighted by atomic mass is 35.5. The van der Waals surface area contributed by atoms with E-state index in [1.165, 1.54) is 30.3 Å². The highest BCUT2D eigenvalue weighted by molar-refractivity contribution is 8.03. The molecule has 0 saturated carbocycles. The van der Waals surface area contributed by atoms with E-state index in [0.717, 1.165) is 23.1 Å². The zero-order valence-electron chi connectivity index (χ0n) is 15.8. The van der Waals surface area contributed by atoms with Gasteiger partial charge >= 0.3 is 6.18 Å². The lowest BCUT2D eigenvalue weighted by Gasteiger charge is -2.45. The van der Waals surface area contributed by atoms with Crippen molar-refractivity contribution in [2.24, 2.45) is 5.92 Å². The molecule has 0 fully saturated rings. The van der Waals surface area contributed by atoms with E-state index in [0.29, 0.717) is 0 Å². The van der Waals surface area contributed by atoms with Gasteiger partial charge in [-0.15, -0.1) is 29.7 Å². The van der Waals surface area contributed by atoms with Gasteiger partial charge in [0.15, 0.2) is 5.78 Å². The zero-order chi connectivity index (χ0) is 22.8. The Balaban J connectivity index is 2.34. The number of allylic oxidation sites excluding steroid dienone is 1. The van der Waals surface area contributed by atoms with Crippen LogP contribution in [-0.4, -0.2) is 28.5 Å². The van der Waals surface area contributed by atoms with Gasteiger partial charge in [-0.3, -0.25) is 4.79 Å². The molecule has 10 heteroatoms. The first-order valence-corrected chi connectivity index (χ1v) is 11.2. The number of nitriles is 1. The van der Waals surface area contributed by atoms with Crippen molar-refractivity contribution in [1.82, 2.24) is 5.32 Å². The van der Waals surface area contributed by atoms with Crippen molar-refractivity contribution in [3.05, 3.63) is 80.5 Å². The average Bonchev–Trinajstić information content (AvgIpc) is 3.26. The lowest BCUT2D eigenvalue weighted by Crippen LogP contribution is -2.66. The Morgan fingerprint density at radius 2 is 2.10 bits per heavy atom. The molecule has 0 amide bonds. The van der Waals surface area contributed by atoms with Crippen molar-refractivity contribution < 1.29 is 23.1 Å². The fraction of sp³-hybridized carbons (Fsp3) is 0.238. The number of nitrogens with one attached hydrogen (secondary N) is 1. The van der Waals surface area contributed by atoms with Gasteiger partial charge in [-0.05, 0) is 23.1 Å². The van der Waals surface area contributed by atoms with Crippen molar-refractivity contribution in [3.8, 4) is 6.07 Å². The van der Waals surface area contributed by atoms with Gasteiger partial charge in [0, 0.05) is 16.7 Å². The minimum absolute atomic E-state index is 0.0333. The first-order chi connectivity index (χ1) is 14.7. The van der Waals surface area contributed by atoms with Crippen molar-refractivity contribution in [3.63, 3.8) is 0 Å². The molecule has 0 aliphatic carbocycles. The number of thioether (sulfide) groups is 1. The van der Waals surface area contributed by atoms with Gasteiger partial charge in [0.2, 0.25) is 5.72 Å². The molecule has 2 N–H and O–H groups in total. The number of benzene rings is 1. The predicted octanol–water partition coefficient (Wildman–Crippen LogP) is 5.49. The van der Waals surface area contributed by atoms with Crippen LogP contribution in [-0.2, 0) is 0 Å². The number of nitrogens with zero attached hydrogens (tertiary/aromatic N) is 1. The third-order valence-electron chi connectivity index (χ3n) is 4.83. The monoisotopic (exact) mass is 484 g/mol. The van der Waals surface area contributed by atoms with Gasteiger partial charge in [0.05, 0.1) is 27.5 Å². The smallest absolute Gasteiger partial charge is 0.363 e. The van der Waals surface area contributed by atoms with Gasteiger partial charge in [0.1, 0.15) is 0 Å². The Kier molecular flexibility index (Phi) is 6.86. The number of hydrogen-bond donors (Lipinski definition) is 2. The number of ketones is 1. The van der Waals surface area contributed by atoms with Crippen LogP contribution in [0.25, 0.3) is 0 Å². The molecule has 1 aromatic heterocycles. The van der Waals surface area contributed by atoms with Gasteiger partial charge < -0.3 is 10.4 Å². The third-order valence-corrected chi connectivity index (χ3v) is 7.07. The Morgan fingerprint density at radius 1 is 1.39 bits per heavy atom. The van der Waals surface area contributed by atoms with E-state index in [4.69, 9.17) is 11.6 Å². The molecular formula is C21H16ClF3N2O2S2. The molecule has 1 aliphatic rings. The van der Waals surface area contributed by atoms with E-state index in [1.54, 1.807) is 17.5 Å². The van der Waals surface area contributed by atoms with Crippen LogP contribution in [0.1, 0.15) is 21.2 Å². The number of rotatable bonds is 6. The largest absolute Gasteiger partial charge is 0.437 e. The van der Waals surface area contributed by atoms with E-state index in [9.17, 15) is 28.3 Å². The van der Waals surface area contributed by atoms with Crippen LogP contribution < -0.4 is 5.32 Å². The minimum atomic E-state index is -5.23. The predicted molar refractivity (Wildman–Crippen MR) is 116 cm³/mol. The van der Waals surface area contributed by atoms with Gasteiger partial charge in [-0.25, -0.2) is 0 Å². The Labute approximate surface area is 190 Å². The maximum absolute atomic E-state index is 14.3. The van der Waals surface area contributed by atoms with Crippen LogP contribution in [0.5, 0.6) is 0 Å². The van der Waals surface area contributed by atoms with Gasteiger partial charge in [-0.2, -0.15) is 18.4 Å². The molecule has 4 nitrogen and oxygen atoms in total. The number of carbonyl (C=O) groups is 1. The Hall–Kier alpha value is -2.25. The summed E-state index contributed by atoms with van der Waals surface area (Å²) in [5.74, 6) is -4.25. The van der Waals surface area contributed by atoms with Crippen LogP contribution in [0.15, 0.2) is 65.0 Å². The van der Waals surface area contributed by atoms with Crippen molar-refractivity contribution >= 4 is 40.5 Å². The second kappa shape index (κ2) is 9.09. The fourth-order valence-corrected chi connectivity index (χ4v) is 5.26. The SMILES string of the molecule is C=CCSC1=C(C#N)[C@@H](c2ccccc2Cl)[C@@H](C(=O)c2cccs2)[C@@](O)(C(F)(F)F)N1. The molecule has 0 saturated heterocycles. The highest BCUT2D eigenvalue weighted by Gasteiger charge is 2.66. The first-order valence-electron chi connectivity index (χ1n) is 8.93. The van der Waals surface area contributed by atoms with Gasteiger partial charge in [0.25, 0.3) is 0 Å². The van der Waals surface area contributed by atoms with Crippen LogP contribution >= 0.6 is 34.7 Å². The standard InChI is InChI=1S/C21H16ClF3N2O2S2/c1-2-9-31-19-13(11-26)16(12-6-3-4-7-14(12)22)17(18(28)15-8-5-10-30-15)20(29,27-19)21(23,24)25/h2-8,10,16-17,27,29H,1,9H2/t16-,17+,20-/m1/s1. The van der Waals surface area contributed by atoms with Crippen molar-refractivity contribution in [2.75, 3.05) is 5.75 Å². The summed E-state index contributed by atoms with van der Waals surface area (Å²) in [7, 11) is 0. The maximum Gasteiger partial charge on any atom is 0.437 e. The number of Topliss-reactive ketones (excluding diaryl/α,β-unsaturated/α-hetero) is 1. The lowest BCUT2D eigenvalue weighted by atomic mass is 9.70. The highest BCUT2D eigenvalue weighted by Crippen LogP contribution is 2.52. The van der Waals surface area contributed by atoms with E-state index in [2.05, 4.69) is 11.9 Å². The van der Waals surface area contributed by atoms with Crippen LogP contribution in [0, 0.1) is 17.2 Å². The molecule has 1 aromatic carbocycles. The topological polar surface area (TPSA) is 73.1 Å². The van der Waals surface area contributed by atoms with Gasteiger partial charge in [-0.1, -0.05) is 41.9 Å². The van der Waals surface area contributed by atoms with Crippen molar-refractivity contribution in [1.29, 1.82) is 5.26 Å². The Morgan fingerprint density at radius 3 is 2.65 bits per heavy atom. The molecule has 2 aromatic rings. The second-order valence-electron chi connectivity index (χ2n) is 6.66. The summed E-state index contributed by atoms with van der Waals surface area (Å²) in [6.07, 6.45) is -3.78.